The molecule has 0 saturated carbocycles. The van der Waals surface area contributed by atoms with Gasteiger partial charge in [0.1, 0.15) is 11.6 Å². The summed E-state index contributed by atoms with van der Waals surface area (Å²) < 4.78 is 29.3. The minimum atomic E-state index is -3.77. The van der Waals surface area contributed by atoms with Gasteiger partial charge in [-0.2, -0.15) is 10.4 Å². The summed E-state index contributed by atoms with van der Waals surface area (Å²) in [6.07, 6.45) is 1.31. The molecular weight excluding hydrogens is 344 g/mol. The highest BCUT2D eigenvalue weighted by Crippen LogP contribution is 2.23. The van der Waals surface area contributed by atoms with Crippen LogP contribution >= 0.6 is 15.9 Å². The summed E-state index contributed by atoms with van der Waals surface area (Å²) >= 11 is 3.29. The van der Waals surface area contributed by atoms with E-state index >= 15 is 0 Å². The molecule has 2 rings (SSSR count). The molecule has 1 aromatic heterocycles. The Bertz CT molecular complexity index is 805. The van der Waals surface area contributed by atoms with Gasteiger partial charge < -0.3 is 0 Å². The van der Waals surface area contributed by atoms with E-state index < -0.39 is 10.0 Å². The van der Waals surface area contributed by atoms with Gasteiger partial charge in [-0.15, -0.1) is 0 Å². The van der Waals surface area contributed by atoms with Crippen LogP contribution < -0.4 is 4.72 Å². The highest BCUT2D eigenvalue weighted by Gasteiger charge is 2.20. The third-order valence-corrected chi connectivity index (χ3v) is 4.71. The second kappa shape index (κ2) is 5.26. The molecule has 0 unspecified atom stereocenters. The van der Waals surface area contributed by atoms with Gasteiger partial charge in [-0.3, -0.25) is 9.40 Å². The molecule has 0 saturated heterocycles. The summed E-state index contributed by atoms with van der Waals surface area (Å²) in [5, 5.41) is 12.8. The maximum atomic E-state index is 12.4. The molecule has 0 atom stereocenters. The molecule has 0 spiro atoms. The van der Waals surface area contributed by atoms with Crippen molar-refractivity contribution in [2.45, 2.75) is 11.8 Å². The third kappa shape index (κ3) is 2.69. The maximum absolute atomic E-state index is 12.4. The standard InChI is InChI=1S/C12H11BrN4O2S/c1-8-5-10(13)3-4-11(8)20(18,19)16-12-9(6-14)7-15-17(12)2/h3-5,7,16H,1-2H3. The first-order valence-electron chi connectivity index (χ1n) is 5.56. The van der Waals surface area contributed by atoms with Crippen molar-refractivity contribution in [1.29, 1.82) is 5.26 Å². The van der Waals surface area contributed by atoms with Gasteiger partial charge in [-0.25, -0.2) is 8.42 Å². The Balaban J connectivity index is 2.47. The van der Waals surface area contributed by atoms with E-state index in [0.29, 0.717) is 5.56 Å². The molecule has 0 amide bonds. The van der Waals surface area contributed by atoms with E-state index in [1.54, 1.807) is 26.1 Å². The summed E-state index contributed by atoms with van der Waals surface area (Å²) in [4.78, 5) is 0.158. The molecular formula is C12H11BrN4O2S. The van der Waals surface area contributed by atoms with Crippen LogP contribution in [-0.4, -0.2) is 18.2 Å². The van der Waals surface area contributed by atoms with E-state index in [1.807, 2.05) is 6.07 Å². The third-order valence-electron chi connectivity index (χ3n) is 2.72. The number of nitriles is 1. The van der Waals surface area contributed by atoms with Crippen molar-refractivity contribution in [2.75, 3.05) is 4.72 Å². The van der Waals surface area contributed by atoms with Gasteiger partial charge in [0.2, 0.25) is 0 Å². The van der Waals surface area contributed by atoms with Crippen molar-refractivity contribution < 1.29 is 8.42 Å². The van der Waals surface area contributed by atoms with Crippen LogP contribution in [0, 0.1) is 18.3 Å². The maximum Gasteiger partial charge on any atom is 0.263 e. The van der Waals surface area contributed by atoms with Crippen LogP contribution in [0.3, 0.4) is 0 Å². The van der Waals surface area contributed by atoms with Crippen molar-refractivity contribution in [2.24, 2.45) is 7.05 Å². The van der Waals surface area contributed by atoms with E-state index in [0.717, 1.165) is 4.47 Å². The number of halogens is 1. The molecule has 0 aliphatic heterocycles. The molecule has 0 aliphatic rings. The fourth-order valence-electron chi connectivity index (χ4n) is 1.74. The van der Waals surface area contributed by atoms with E-state index in [2.05, 4.69) is 25.8 Å². The molecule has 1 N–H and O–H groups in total. The van der Waals surface area contributed by atoms with Crippen molar-refractivity contribution in [1.82, 2.24) is 9.78 Å². The number of hydrogen-bond acceptors (Lipinski definition) is 4. The molecule has 20 heavy (non-hydrogen) atoms. The normalized spacial score (nSPS) is 11.1. The Morgan fingerprint density at radius 3 is 2.75 bits per heavy atom. The summed E-state index contributed by atoms with van der Waals surface area (Å²) in [6.45, 7) is 1.70. The van der Waals surface area contributed by atoms with Gasteiger partial charge in [-0.1, -0.05) is 15.9 Å². The Labute approximate surface area is 125 Å². The van der Waals surface area contributed by atoms with Crippen LogP contribution in [0.25, 0.3) is 0 Å². The first kappa shape index (κ1) is 14.6. The summed E-state index contributed by atoms with van der Waals surface area (Å²) in [7, 11) is -2.21. The van der Waals surface area contributed by atoms with Crippen molar-refractivity contribution >= 4 is 31.8 Å². The zero-order valence-electron chi connectivity index (χ0n) is 10.8. The number of benzene rings is 1. The number of nitrogens with one attached hydrogen (secondary N) is 1. The highest BCUT2D eigenvalue weighted by atomic mass is 79.9. The molecule has 8 heteroatoms. The Hall–Kier alpha value is -1.85. The van der Waals surface area contributed by atoms with Crippen LogP contribution in [0.4, 0.5) is 5.82 Å². The molecule has 104 valence electrons. The second-order valence-electron chi connectivity index (χ2n) is 4.16. The zero-order valence-corrected chi connectivity index (χ0v) is 13.2. The predicted molar refractivity (Wildman–Crippen MR) is 77.6 cm³/mol. The number of rotatable bonds is 3. The Morgan fingerprint density at radius 2 is 2.15 bits per heavy atom. The monoisotopic (exact) mass is 354 g/mol. The summed E-state index contributed by atoms with van der Waals surface area (Å²) in [5.74, 6) is 0.148. The highest BCUT2D eigenvalue weighted by molar-refractivity contribution is 9.10. The lowest BCUT2D eigenvalue weighted by molar-refractivity contribution is 0.599. The Morgan fingerprint density at radius 1 is 1.45 bits per heavy atom. The topological polar surface area (TPSA) is 87.8 Å². The fourth-order valence-corrected chi connectivity index (χ4v) is 3.55. The first-order valence-corrected chi connectivity index (χ1v) is 7.84. The van der Waals surface area contributed by atoms with E-state index in [1.165, 1.54) is 16.9 Å². The van der Waals surface area contributed by atoms with Gasteiger partial charge in [0.05, 0.1) is 11.1 Å². The van der Waals surface area contributed by atoms with Crippen molar-refractivity contribution in [3.05, 3.63) is 40.0 Å². The smallest absolute Gasteiger partial charge is 0.262 e. The fraction of sp³-hybridized carbons (Fsp3) is 0.167. The molecule has 2 aromatic rings. The molecule has 6 nitrogen and oxygen atoms in total. The number of nitrogens with zero attached hydrogens (tertiary/aromatic N) is 3. The minimum absolute atomic E-state index is 0.148. The lowest BCUT2D eigenvalue weighted by atomic mass is 10.2. The van der Waals surface area contributed by atoms with Crippen molar-refractivity contribution in [3.63, 3.8) is 0 Å². The van der Waals surface area contributed by atoms with Gasteiger partial charge >= 0.3 is 0 Å². The second-order valence-corrected chi connectivity index (χ2v) is 6.72. The van der Waals surface area contributed by atoms with E-state index in [-0.39, 0.29) is 16.3 Å². The number of sulfonamides is 1. The predicted octanol–water partition coefficient (Wildman–Crippen LogP) is 2.16. The molecule has 0 radical (unpaired) electrons. The average Bonchev–Trinajstić information content (AvgIpc) is 2.69. The number of hydrogen-bond donors (Lipinski definition) is 1. The molecule has 0 aliphatic carbocycles. The van der Waals surface area contributed by atoms with Crippen LogP contribution in [-0.2, 0) is 17.1 Å². The molecule has 1 aromatic carbocycles. The SMILES string of the molecule is Cc1cc(Br)ccc1S(=O)(=O)Nc1c(C#N)cnn1C. The van der Waals surface area contributed by atoms with Crippen LogP contribution in [0.2, 0.25) is 0 Å². The zero-order chi connectivity index (χ0) is 14.9. The van der Waals surface area contributed by atoms with Gasteiger partial charge in [0.25, 0.3) is 10.0 Å². The quantitative estimate of drug-likeness (QED) is 0.914. The molecule has 0 fully saturated rings. The molecule has 0 bridgehead atoms. The number of anilines is 1. The largest absolute Gasteiger partial charge is 0.263 e. The lowest BCUT2D eigenvalue weighted by Gasteiger charge is -2.11. The van der Waals surface area contributed by atoms with Crippen molar-refractivity contribution in [3.8, 4) is 6.07 Å². The summed E-state index contributed by atoms with van der Waals surface area (Å²) in [5.41, 5.74) is 0.776. The van der Waals surface area contributed by atoms with Crippen LogP contribution in [0.5, 0.6) is 0 Å². The van der Waals surface area contributed by atoms with E-state index in [4.69, 9.17) is 5.26 Å². The van der Waals surface area contributed by atoms with Gasteiger partial charge in [-0.05, 0) is 30.7 Å². The average molecular weight is 355 g/mol. The minimum Gasteiger partial charge on any atom is -0.262 e. The number of aromatic nitrogens is 2. The lowest BCUT2D eigenvalue weighted by Crippen LogP contribution is -2.17. The molecule has 1 heterocycles. The first-order chi connectivity index (χ1) is 9.35. The van der Waals surface area contributed by atoms with Crippen LogP contribution in [0.15, 0.2) is 33.8 Å². The van der Waals surface area contributed by atoms with Crippen LogP contribution in [0.1, 0.15) is 11.1 Å². The number of aryl methyl sites for hydroxylation is 2. The van der Waals surface area contributed by atoms with Gasteiger partial charge in [0, 0.05) is 11.5 Å². The Kier molecular flexibility index (Phi) is 3.83. The van der Waals surface area contributed by atoms with Gasteiger partial charge in [0.15, 0.2) is 5.82 Å². The summed E-state index contributed by atoms with van der Waals surface area (Å²) in [6, 6.07) is 6.76. The van der Waals surface area contributed by atoms with E-state index in [9.17, 15) is 8.42 Å².